The van der Waals surface area contributed by atoms with Crippen molar-refractivity contribution in [3.63, 3.8) is 0 Å². The fourth-order valence-corrected chi connectivity index (χ4v) is 10.7. The number of hydrogen-bond acceptors (Lipinski definition) is 3. The van der Waals surface area contributed by atoms with Gasteiger partial charge in [0.1, 0.15) is 0 Å². The fourth-order valence-electron chi connectivity index (χ4n) is 4.75. The van der Waals surface area contributed by atoms with Crippen LogP contribution in [0.3, 0.4) is 0 Å². The van der Waals surface area contributed by atoms with E-state index in [1.54, 1.807) is 6.07 Å². The molecule has 0 aromatic heterocycles. The molecule has 2 aromatic rings. The van der Waals surface area contributed by atoms with Crippen LogP contribution in [-0.2, 0) is 20.2 Å². The van der Waals surface area contributed by atoms with E-state index in [1.807, 2.05) is 48.5 Å². The molecule has 1 saturated heterocycles. The number of hydrogen-bond donors (Lipinski definition) is 0. The summed E-state index contributed by atoms with van der Waals surface area (Å²) in [5.74, 6) is 1.66. The van der Waals surface area contributed by atoms with Crippen molar-refractivity contribution in [2.24, 2.45) is 0 Å². The Bertz CT molecular complexity index is 919. The smallest absolute Gasteiger partial charge is 0.212 e. The van der Waals surface area contributed by atoms with E-state index >= 15 is 0 Å². The van der Waals surface area contributed by atoms with Crippen molar-refractivity contribution in [3.05, 3.63) is 60.2 Å². The van der Waals surface area contributed by atoms with Crippen LogP contribution in [0.5, 0.6) is 0 Å². The molecular weight excluding hydrogens is 448 g/mol. The van der Waals surface area contributed by atoms with Crippen molar-refractivity contribution < 1.29 is 12.0 Å². The highest BCUT2D eigenvalue weighted by atomic mass is 32.3. The predicted octanol–water partition coefficient (Wildman–Crippen LogP) is 8.43. The average Bonchev–Trinajstić information content (AvgIpc) is 3.30. The van der Waals surface area contributed by atoms with E-state index in [0.717, 1.165) is 54.1 Å². The molecule has 5 heteroatoms. The number of benzene rings is 2. The molecule has 1 fully saturated rings. The van der Waals surface area contributed by atoms with Gasteiger partial charge in [-0.3, -0.25) is 0 Å². The van der Waals surface area contributed by atoms with E-state index in [0.29, 0.717) is 4.90 Å². The zero-order valence-electron chi connectivity index (χ0n) is 20.3. The van der Waals surface area contributed by atoms with Gasteiger partial charge in [-0.2, -0.15) is 8.42 Å². The zero-order valence-corrected chi connectivity index (χ0v) is 22.0. The minimum Gasteiger partial charge on any atom is -0.212 e. The Morgan fingerprint density at radius 2 is 1.27 bits per heavy atom. The highest BCUT2D eigenvalue weighted by Gasteiger charge is 2.37. The number of unbranched alkanes of at least 4 members (excludes halogenated alkanes) is 9. The molecule has 0 aliphatic carbocycles. The lowest BCUT2D eigenvalue weighted by atomic mass is 10.0. The Morgan fingerprint density at radius 1 is 0.727 bits per heavy atom. The van der Waals surface area contributed by atoms with Crippen LogP contribution in [0, 0.1) is 0 Å². The largest absolute Gasteiger partial charge is 0.306 e. The predicted molar refractivity (Wildman–Crippen MR) is 142 cm³/mol. The molecule has 0 spiro atoms. The van der Waals surface area contributed by atoms with Gasteiger partial charge >= 0.3 is 10.1 Å². The summed E-state index contributed by atoms with van der Waals surface area (Å²) in [4.78, 5) is 1.42. The molecule has 1 heterocycles. The lowest BCUT2D eigenvalue weighted by Gasteiger charge is -2.34. The summed E-state index contributed by atoms with van der Waals surface area (Å²) < 4.78 is 33.1. The van der Waals surface area contributed by atoms with E-state index in [4.69, 9.17) is 3.63 Å². The summed E-state index contributed by atoms with van der Waals surface area (Å²) in [5, 5.41) is 0. The molecule has 33 heavy (non-hydrogen) atoms. The van der Waals surface area contributed by atoms with Gasteiger partial charge in [0.15, 0.2) is 0 Å². The Labute approximate surface area is 204 Å². The Kier molecular flexibility index (Phi) is 10.8. The summed E-state index contributed by atoms with van der Waals surface area (Å²) in [6.07, 6.45) is 15.6. The van der Waals surface area contributed by atoms with E-state index in [1.165, 1.54) is 51.4 Å². The molecule has 0 saturated carbocycles. The highest BCUT2D eigenvalue weighted by Crippen LogP contribution is 2.62. The molecule has 0 bridgehead atoms. The second-order valence-electron chi connectivity index (χ2n) is 9.30. The maximum atomic E-state index is 13.5. The molecule has 3 rings (SSSR count). The summed E-state index contributed by atoms with van der Waals surface area (Å²) in [7, 11) is -5.60. The standard InChI is InChI=1S/C28H42O3S2/c1-2-3-4-5-6-7-8-9-10-12-19-26-20-15-16-23-28(26)33(29,30)31-32(24-17-18-25-32)27-21-13-11-14-22-27/h11,13-16,20-23H,2-10,12,17-19,24-25H2,1H3. The minimum atomic E-state index is -3.81. The maximum absolute atomic E-state index is 13.5. The Hall–Kier alpha value is -1.30. The van der Waals surface area contributed by atoms with Crippen molar-refractivity contribution >= 4 is 20.4 Å². The molecule has 184 valence electrons. The molecule has 2 aromatic carbocycles. The third kappa shape index (κ3) is 7.87. The summed E-state index contributed by atoms with van der Waals surface area (Å²) in [6, 6.07) is 17.5. The van der Waals surface area contributed by atoms with E-state index in [-0.39, 0.29) is 0 Å². The summed E-state index contributed by atoms with van der Waals surface area (Å²) >= 11 is 0. The molecule has 0 amide bonds. The second kappa shape index (κ2) is 13.6. The molecule has 0 unspecified atom stereocenters. The Morgan fingerprint density at radius 3 is 1.91 bits per heavy atom. The Balaban J connectivity index is 1.55. The third-order valence-electron chi connectivity index (χ3n) is 6.63. The van der Waals surface area contributed by atoms with Crippen LogP contribution in [0.4, 0.5) is 0 Å². The first-order valence-electron chi connectivity index (χ1n) is 13.0. The zero-order chi connectivity index (χ0) is 23.4. The van der Waals surface area contributed by atoms with Crippen molar-refractivity contribution in [1.82, 2.24) is 0 Å². The van der Waals surface area contributed by atoms with Gasteiger partial charge in [0.2, 0.25) is 0 Å². The molecule has 1 aliphatic rings. The maximum Gasteiger partial charge on any atom is 0.306 e. The van der Waals surface area contributed by atoms with Gasteiger partial charge in [0.05, 0.1) is 4.90 Å². The topological polar surface area (TPSA) is 43.4 Å². The normalized spacial score (nSPS) is 16.6. The fraction of sp³-hybridized carbons (Fsp3) is 0.571. The minimum absolute atomic E-state index is 0.371. The molecule has 0 atom stereocenters. The summed E-state index contributed by atoms with van der Waals surface area (Å²) in [6.45, 7) is 2.26. The SMILES string of the molecule is CCCCCCCCCCCCc1ccccc1S(=O)(=O)OS1(c2ccccc2)CCCC1. The van der Waals surface area contributed by atoms with Crippen LogP contribution in [0.25, 0.3) is 0 Å². The van der Waals surface area contributed by atoms with Crippen molar-refractivity contribution in [1.29, 1.82) is 0 Å². The molecule has 1 aliphatic heterocycles. The van der Waals surface area contributed by atoms with Crippen molar-refractivity contribution in [2.75, 3.05) is 11.5 Å². The van der Waals surface area contributed by atoms with Gasteiger partial charge in [-0.05, 0) is 49.4 Å². The first-order chi connectivity index (χ1) is 16.1. The van der Waals surface area contributed by atoms with Crippen molar-refractivity contribution in [3.8, 4) is 0 Å². The first-order valence-corrected chi connectivity index (χ1v) is 16.3. The van der Waals surface area contributed by atoms with Crippen LogP contribution >= 0.6 is 10.3 Å². The van der Waals surface area contributed by atoms with Crippen LogP contribution < -0.4 is 0 Å². The van der Waals surface area contributed by atoms with Gasteiger partial charge in [-0.1, -0.05) is 111 Å². The van der Waals surface area contributed by atoms with Crippen LogP contribution in [0.2, 0.25) is 0 Å². The molecular formula is C28H42O3S2. The van der Waals surface area contributed by atoms with E-state index in [2.05, 4.69) is 6.92 Å². The van der Waals surface area contributed by atoms with E-state index in [9.17, 15) is 8.42 Å². The van der Waals surface area contributed by atoms with Gasteiger partial charge in [-0.15, -0.1) is 0 Å². The third-order valence-corrected chi connectivity index (χ3v) is 12.4. The van der Waals surface area contributed by atoms with Crippen molar-refractivity contribution in [2.45, 2.75) is 100 Å². The average molecular weight is 491 g/mol. The summed E-state index contributed by atoms with van der Waals surface area (Å²) in [5.41, 5.74) is 0.901. The highest BCUT2D eigenvalue weighted by molar-refractivity contribution is 8.33. The number of aryl methyl sites for hydroxylation is 1. The van der Waals surface area contributed by atoms with Gasteiger partial charge in [0.25, 0.3) is 0 Å². The molecule has 0 radical (unpaired) electrons. The molecule has 0 N–H and O–H groups in total. The lowest BCUT2D eigenvalue weighted by molar-refractivity contribution is 0.508. The number of rotatable bonds is 15. The second-order valence-corrected chi connectivity index (χ2v) is 14.1. The lowest BCUT2D eigenvalue weighted by Crippen LogP contribution is -2.16. The molecule has 3 nitrogen and oxygen atoms in total. The van der Waals surface area contributed by atoms with Crippen LogP contribution in [-0.4, -0.2) is 19.9 Å². The van der Waals surface area contributed by atoms with Crippen LogP contribution in [0.1, 0.15) is 89.5 Å². The first kappa shape index (κ1) is 26.3. The quantitative estimate of drug-likeness (QED) is 0.235. The monoisotopic (exact) mass is 490 g/mol. The van der Waals surface area contributed by atoms with Gasteiger partial charge in [0, 0.05) is 16.4 Å². The van der Waals surface area contributed by atoms with Gasteiger partial charge in [-0.25, -0.2) is 3.63 Å². The van der Waals surface area contributed by atoms with Gasteiger partial charge < -0.3 is 0 Å². The van der Waals surface area contributed by atoms with Crippen LogP contribution in [0.15, 0.2) is 64.4 Å². The van der Waals surface area contributed by atoms with E-state index < -0.39 is 20.4 Å².